The molecule has 0 saturated carbocycles. The Labute approximate surface area is 93.9 Å². The van der Waals surface area contributed by atoms with E-state index in [2.05, 4.69) is 0 Å². The van der Waals surface area contributed by atoms with Crippen LogP contribution in [-0.2, 0) is 0 Å². The maximum absolute atomic E-state index is 13.2. The first-order chi connectivity index (χ1) is 7.52. The van der Waals surface area contributed by atoms with Crippen molar-refractivity contribution in [2.24, 2.45) is 5.92 Å². The van der Waals surface area contributed by atoms with E-state index in [1.54, 1.807) is 0 Å². The maximum atomic E-state index is 13.2. The van der Waals surface area contributed by atoms with Crippen LogP contribution >= 0.6 is 0 Å². The highest BCUT2D eigenvalue weighted by Gasteiger charge is 2.16. The second kappa shape index (κ2) is 5.49. The number of ether oxygens (including phenoxy) is 1. The minimum Gasteiger partial charge on any atom is -0.493 e. The molecule has 0 aliphatic heterocycles. The molecule has 0 saturated heterocycles. The molecule has 16 heavy (non-hydrogen) atoms. The zero-order chi connectivity index (χ0) is 12.1. The van der Waals surface area contributed by atoms with Crippen LogP contribution < -0.4 is 4.74 Å². The van der Waals surface area contributed by atoms with Gasteiger partial charge in [-0.3, -0.25) is 0 Å². The summed E-state index contributed by atoms with van der Waals surface area (Å²) in [6, 6.07) is 4.01. The Hall–Kier alpha value is -1.58. The molecule has 1 aromatic rings. The van der Waals surface area contributed by atoms with Gasteiger partial charge in [-0.05, 0) is 24.5 Å². The van der Waals surface area contributed by atoms with Crippen LogP contribution in [0.4, 0.5) is 4.39 Å². The van der Waals surface area contributed by atoms with E-state index in [4.69, 9.17) is 9.84 Å². The highest BCUT2D eigenvalue weighted by atomic mass is 19.1. The largest absolute Gasteiger partial charge is 0.493 e. The lowest BCUT2D eigenvalue weighted by Gasteiger charge is -2.10. The Morgan fingerprint density at radius 2 is 2.19 bits per heavy atom. The molecule has 0 unspecified atom stereocenters. The van der Waals surface area contributed by atoms with E-state index in [0.717, 1.165) is 12.5 Å². The second-order valence-electron chi connectivity index (χ2n) is 3.95. The molecule has 0 amide bonds. The minimum absolute atomic E-state index is 0.0909. The van der Waals surface area contributed by atoms with Gasteiger partial charge >= 0.3 is 5.97 Å². The van der Waals surface area contributed by atoms with Crippen LogP contribution in [-0.4, -0.2) is 17.7 Å². The van der Waals surface area contributed by atoms with Crippen LogP contribution in [0.1, 0.15) is 30.6 Å². The van der Waals surface area contributed by atoms with Crippen molar-refractivity contribution in [3.8, 4) is 5.75 Å². The summed E-state index contributed by atoms with van der Waals surface area (Å²) in [5, 5.41) is 8.84. The molecule has 4 heteroatoms. The Bertz CT molecular complexity index is 375. The molecule has 88 valence electrons. The van der Waals surface area contributed by atoms with Gasteiger partial charge in [-0.1, -0.05) is 19.9 Å². The number of hydrogen-bond acceptors (Lipinski definition) is 2. The van der Waals surface area contributed by atoms with Crippen molar-refractivity contribution in [1.29, 1.82) is 0 Å². The van der Waals surface area contributed by atoms with E-state index >= 15 is 0 Å². The molecule has 0 spiro atoms. The third kappa shape index (κ3) is 3.22. The Morgan fingerprint density at radius 3 is 2.75 bits per heavy atom. The molecule has 1 aromatic carbocycles. The fraction of sp³-hybridized carbons (Fsp3) is 0.417. The van der Waals surface area contributed by atoms with Crippen LogP contribution in [0.15, 0.2) is 18.2 Å². The van der Waals surface area contributed by atoms with Crippen molar-refractivity contribution < 1.29 is 19.0 Å². The lowest BCUT2D eigenvalue weighted by molar-refractivity contribution is 0.0686. The van der Waals surface area contributed by atoms with Gasteiger partial charge in [0.05, 0.1) is 6.61 Å². The summed E-state index contributed by atoms with van der Waals surface area (Å²) in [5.41, 5.74) is -0.397. The van der Waals surface area contributed by atoms with Crippen LogP contribution in [0.3, 0.4) is 0 Å². The number of hydrogen-bond donors (Lipinski definition) is 1. The monoisotopic (exact) mass is 226 g/mol. The molecule has 3 nitrogen and oxygen atoms in total. The van der Waals surface area contributed by atoms with E-state index in [0.29, 0.717) is 12.5 Å². The summed E-state index contributed by atoms with van der Waals surface area (Å²) in [4.78, 5) is 10.8. The number of carboxylic acids is 1. The third-order valence-electron chi connectivity index (χ3n) is 2.14. The number of rotatable bonds is 5. The minimum atomic E-state index is -1.31. The number of carboxylic acid groups (broad SMARTS) is 1. The maximum Gasteiger partial charge on any atom is 0.342 e. The molecule has 0 radical (unpaired) electrons. The quantitative estimate of drug-likeness (QED) is 0.839. The Balaban J connectivity index is 2.79. The molecule has 0 aliphatic rings. The second-order valence-corrected chi connectivity index (χ2v) is 3.95. The average molecular weight is 226 g/mol. The zero-order valence-electron chi connectivity index (χ0n) is 9.37. The van der Waals surface area contributed by atoms with Crippen LogP contribution in [0.25, 0.3) is 0 Å². The summed E-state index contributed by atoms with van der Waals surface area (Å²) >= 11 is 0. The van der Waals surface area contributed by atoms with E-state index in [1.165, 1.54) is 12.1 Å². The van der Waals surface area contributed by atoms with Gasteiger partial charge in [0, 0.05) is 0 Å². The van der Waals surface area contributed by atoms with Crippen molar-refractivity contribution in [2.75, 3.05) is 6.61 Å². The van der Waals surface area contributed by atoms with Gasteiger partial charge in [0.2, 0.25) is 0 Å². The smallest absolute Gasteiger partial charge is 0.342 e. The lowest BCUT2D eigenvalue weighted by atomic mass is 10.1. The highest BCUT2D eigenvalue weighted by molar-refractivity contribution is 5.91. The van der Waals surface area contributed by atoms with Gasteiger partial charge in [0.25, 0.3) is 0 Å². The summed E-state index contributed by atoms with van der Waals surface area (Å²) in [7, 11) is 0. The van der Waals surface area contributed by atoms with Crippen molar-refractivity contribution in [3.63, 3.8) is 0 Å². The predicted molar refractivity (Wildman–Crippen MR) is 58.3 cm³/mol. The van der Waals surface area contributed by atoms with E-state index in [1.807, 2.05) is 13.8 Å². The molecule has 1 N–H and O–H groups in total. The molecule has 0 aliphatic carbocycles. The van der Waals surface area contributed by atoms with Crippen LogP contribution in [0, 0.1) is 11.7 Å². The third-order valence-corrected chi connectivity index (χ3v) is 2.14. The summed E-state index contributed by atoms with van der Waals surface area (Å²) < 4.78 is 18.5. The summed E-state index contributed by atoms with van der Waals surface area (Å²) in [6.45, 7) is 4.46. The van der Waals surface area contributed by atoms with Crippen LogP contribution in [0.2, 0.25) is 0 Å². The molecular formula is C12H15FO3. The lowest BCUT2D eigenvalue weighted by Crippen LogP contribution is -2.08. The Kier molecular flexibility index (Phi) is 4.28. The van der Waals surface area contributed by atoms with Gasteiger partial charge in [-0.15, -0.1) is 0 Å². The van der Waals surface area contributed by atoms with Gasteiger partial charge in [-0.25, -0.2) is 9.18 Å². The molecule has 0 fully saturated rings. The van der Waals surface area contributed by atoms with Crippen molar-refractivity contribution >= 4 is 5.97 Å². The normalized spacial score (nSPS) is 10.5. The van der Waals surface area contributed by atoms with E-state index < -0.39 is 17.3 Å². The topological polar surface area (TPSA) is 46.5 Å². The predicted octanol–water partition coefficient (Wildman–Crippen LogP) is 2.95. The van der Waals surface area contributed by atoms with E-state index in [9.17, 15) is 9.18 Å². The number of carbonyl (C=O) groups is 1. The van der Waals surface area contributed by atoms with Gasteiger partial charge in [0.1, 0.15) is 17.1 Å². The molecule has 0 heterocycles. The van der Waals surface area contributed by atoms with E-state index in [-0.39, 0.29) is 5.75 Å². The standard InChI is InChI=1S/C12H15FO3/c1-8(2)6-7-16-10-5-3-4-9(13)11(10)12(14)15/h3-5,8H,6-7H2,1-2H3,(H,14,15). The van der Waals surface area contributed by atoms with Gasteiger partial charge in [0.15, 0.2) is 0 Å². The summed E-state index contributed by atoms with van der Waals surface area (Å²) in [5.74, 6) is -1.53. The first-order valence-electron chi connectivity index (χ1n) is 5.17. The Morgan fingerprint density at radius 1 is 1.50 bits per heavy atom. The van der Waals surface area contributed by atoms with Crippen LogP contribution in [0.5, 0.6) is 5.75 Å². The van der Waals surface area contributed by atoms with Gasteiger partial charge in [-0.2, -0.15) is 0 Å². The molecule has 0 bridgehead atoms. The van der Waals surface area contributed by atoms with Crippen molar-refractivity contribution in [3.05, 3.63) is 29.6 Å². The number of benzene rings is 1. The zero-order valence-corrected chi connectivity index (χ0v) is 9.37. The number of halogens is 1. The fourth-order valence-electron chi connectivity index (χ4n) is 1.24. The molecule has 0 atom stereocenters. The first-order valence-corrected chi connectivity index (χ1v) is 5.17. The fourth-order valence-corrected chi connectivity index (χ4v) is 1.24. The first kappa shape index (κ1) is 12.5. The molecule has 0 aromatic heterocycles. The van der Waals surface area contributed by atoms with Crippen molar-refractivity contribution in [2.45, 2.75) is 20.3 Å². The number of aromatic carboxylic acids is 1. The SMILES string of the molecule is CC(C)CCOc1cccc(F)c1C(=O)O. The van der Waals surface area contributed by atoms with Gasteiger partial charge < -0.3 is 9.84 Å². The molecule has 1 rings (SSSR count). The summed E-state index contributed by atoms with van der Waals surface area (Å²) in [6.07, 6.45) is 0.801. The van der Waals surface area contributed by atoms with Crippen molar-refractivity contribution in [1.82, 2.24) is 0 Å². The average Bonchev–Trinajstić information content (AvgIpc) is 2.16. The molecular weight excluding hydrogens is 211 g/mol. The highest BCUT2D eigenvalue weighted by Crippen LogP contribution is 2.21.